The van der Waals surface area contributed by atoms with E-state index >= 15 is 0 Å². The van der Waals surface area contributed by atoms with Gasteiger partial charge in [-0.2, -0.15) is 0 Å². The molecule has 7 atom stereocenters. The lowest BCUT2D eigenvalue weighted by Gasteiger charge is -2.57. The molecule has 0 aromatic heterocycles. The van der Waals surface area contributed by atoms with Crippen LogP contribution in [0.3, 0.4) is 0 Å². The van der Waals surface area contributed by atoms with Gasteiger partial charge in [-0.05, 0) is 99.3 Å². The van der Waals surface area contributed by atoms with Gasteiger partial charge in [0.05, 0.1) is 6.10 Å². The summed E-state index contributed by atoms with van der Waals surface area (Å²) in [6.45, 7) is 6.44. The summed E-state index contributed by atoms with van der Waals surface area (Å²) in [5.41, 5.74) is 7.81. The minimum atomic E-state index is -0.110. The van der Waals surface area contributed by atoms with Gasteiger partial charge in [0.2, 0.25) is 0 Å². The topological polar surface area (TPSA) is 67.8 Å². The van der Waals surface area contributed by atoms with E-state index in [4.69, 9.17) is 10.6 Å². The molecule has 4 heteroatoms. The molecule has 4 aliphatic rings. The average molecular weight is 389 g/mol. The van der Waals surface area contributed by atoms with E-state index in [1.165, 1.54) is 38.5 Å². The third-order valence-electron chi connectivity index (χ3n) is 9.16. The summed E-state index contributed by atoms with van der Waals surface area (Å²) in [5, 5.41) is 14.5. The van der Waals surface area contributed by atoms with E-state index in [1.807, 2.05) is 0 Å². The predicted molar refractivity (Wildman–Crippen MR) is 114 cm³/mol. The number of aliphatic hydroxyl groups excluding tert-OH is 1. The Morgan fingerprint density at radius 2 is 2.04 bits per heavy atom. The smallest absolute Gasteiger partial charge is 0.117 e. The van der Waals surface area contributed by atoms with Gasteiger partial charge in [0.25, 0.3) is 0 Å². The predicted octanol–water partition coefficient (Wildman–Crippen LogP) is 4.67. The Hall–Kier alpha value is -0.870. The van der Waals surface area contributed by atoms with Crippen molar-refractivity contribution in [1.82, 2.24) is 0 Å². The molecule has 0 saturated heterocycles. The van der Waals surface area contributed by atoms with Crippen LogP contribution in [0.25, 0.3) is 0 Å². The van der Waals surface area contributed by atoms with Crippen molar-refractivity contribution in [2.75, 3.05) is 13.2 Å². The number of hydrogen-bond acceptors (Lipinski definition) is 4. The zero-order valence-corrected chi connectivity index (χ0v) is 17.9. The molecule has 158 valence electrons. The van der Waals surface area contributed by atoms with E-state index in [0.717, 1.165) is 50.0 Å². The first-order chi connectivity index (χ1) is 13.5. The number of allylic oxidation sites excluding steroid dienone is 1. The Balaban J connectivity index is 1.44. The zero-order chi connectivity index (χ0) is 19.8. The summed E-state index contributed by atoms with van der Waals surface area (Å²) in [6, 6.07) is 0. The van der Waals surface area contributed by atoms with Gasteiger partial charge >= 0.3 is 0 Å². The Kier molecular flexibility index (Phi) is 5.90. The van der Waals surface area contributed by atoms with Gasteiger partial charge in [0.1, 0.15) is 6.61 Å². The average Bonchev–Trinajstić information content (AvgIpc) is 3.01. The minimum Gasteiger partial charge on any atom is -0.396 e. The van der Waals surface area contributed by atoms with Crippen LogP contribution in [0.4, 0.5) is 0 Å². The molecule has 0 radical (unpaired) electrons. The lowest BCUT2D eigenvalue weighted by molar-refractivity contribution is -0.0421. The normalized spacial score (nSPS) is 45.3. The summed E-state index contributed by atoms with van der Waals surface area (Å²) in [6.07, 6.45) is 16.1. The van der Waals surface area contributed by atoms with Crippen molar-refractivity contribution in [3.05, 3.63) is 11.6 Å². The number of hydrogen-bond donors (Lipinski definition) is 2. The SMILES string of the molecule is C[C@]12CC[C@H]3[C@@H](CC=C4C[C@@H](O)CC[C@@]43C)[C@@H]1CC[C@@H]2C=NOCCCCN. The van der Waals surface area contributed by atoms with Gasteiger partial charge in [-0.25, -0.2) is 0 Å². The largest absolute Gasteiger partial charge is 0.396 e. The van der Waals surface area contributed by atoms with Crippen LogP contribution in [0.1, 0.15) is 78.1 Å². The summed E-state index contributed by atoms with van der Waals surface area (Å²) < 4.78 is 0. The van der Waals surface area contributed by atoms with Crippen molar-refractivity contribution in [3.8, 4) is 0 Å². The van der Waals surface area contributed by atoms with Gasteiger partial charge in [-0.15, -0.1) is 0 Å². The van der Waals surface area contributed by atoms with Gasteiger partial charge in [0, 0.05) is 12.1 Å². The van der Waals surface area contributed by atoms with Crippen molar-refractivity contribution in [2.45, 2.75) is 84.2 Å². The third kappa shape index (κ3) is 3.45. The van der Waals surface area contributed by atoms with Crippen molar-refractivity contribution in [1.29, 1.82) is 0 Å². The van der Waals surface area contributed by atoms with E-state index in [9.17, 15) is 5.11 Å². The maximum atomic E-state index is 10.2. The van der Waals surface area contributed by atoms with Crippen LogP contribution < -0.4 is 5.73 Å². The second-order valence-electron chi connectivity index (χ2n) is 10.5. The number of nitrogens with two attached hydrogens (primary N) is 1. The van der Waals surface area contributed by atoms with Crippen LogP contribution >= 0.6 is 0 Å². The Morgan fingerprint density at radius 3 is 2.86 bits per heavy atom. The third-order valence-corrected chi connectivity index (χ3v) is 9.16. The Morgan fingerprint density at radius 1 is 1.18 bits per heavy atom. The zero-order valence-electron chi connectivity index (χ0n) is 17.9. The second kappa shape index (κ2) is 8.10. The molecule has 4 nitrogen and oxygen atoms in total. The molecule has 3 N–H and O–H groups in total. The van der Waals surface area contributed by atoms with E-state index < -0.39 is 0 Å². The van der Waals surface area contributed by atoms with Crippen LogP contribution in [0.5, 0.6) is 0 Å². The molecular weight excluding hydrogens is 348 g/mol. The number of oxime groups is 1. The summed E-state index contributed by atoms with van der Waals surface area (Å²) in [4.78, 5) is 5.51. The van der Waals surface area contributed by atoms with Crippen LogP contribution in [-0.2, 0) is 4.84 Å². The summed E-state index contributed by atoms with van der Waals surface area (Å²) in [7, 11) is 0. The molecule has 4 aliphatic carbocycles. The highest BCUT2D eigenvalue weighted by molar-refractivity contribution is 5.62. The number of nitrogens with zero attached hydrogens (tertiary/aromatic N) is 1. The standard InChI is InChI=1S/C24H40N2O2/c1-23-11-9-19(27)15-17(23)5-7-20-21-8-6-18(16-26-28-14-4-3-13-25)24(21,2)12-10-22(20)23/h5,16,18-22,27H,3-4,6-15,25H2,1-2H3/t18-,19+,20+,21+,22+,23+,24-/m1/s1. The molecule has 4 rings (SSSR count). The van der Waals surface area contributed by atoms with E-state index in [2.05, 4.69) is 31.3 Å². The van der Waals surface area contributed by atoms with Gasteiger partial charge < -0.3 is 15.7 Å². The van der Waals surface area contributed by atoms with Crippen LogP contribution in [-0.4, -0.2) is 30.6 Å². The summed E-state index contributed by atoms with van der Waals surface area (Å²) >= 11 is 0. The highest BCUT2D eigenvalue weighted by Crippen LogP contribution is 2.65. The van der Waals surface area contributed by atoms with E-state index in [0.29, 0.717) is 23.4 Å². The van der Waals surface area contributed by atoms with Crippen LogP contribution in [0, 0.1) is 34.5 Å². The highest BCUT2D eigenvalue weighted by atomic mass is 16.6. The minimum absolute atomic E-state index is 0.110. The molecule has 0 aromatic carbocycles. The fraction of sp³-hybridized carbons (Fsp3) is 0.875. The molecule has 0 bridgehead atoms. The lowest BCUT2D eigenvalue weighted by atomic mass is 9.47. The van der Waals surface area contributed by atoms with Crippen molar-refractivity contribution < 1.29 is 9.94 Å². The molecule has 3 saturated carbocycles. The maximum absolute atomic E-state index is 10.2. The van der Waals surface area contributed by atoms with Crippen LogP contribution in [0.15, 0.2) is 16.8 Å². The van der Waals surface area contributed by atoms with Crippen molar-refractivity contribution >= 4 is 6.21 Å². The van der Waals surface area contributed by atoms with Crippen molar-refractivity contribution in [2.24, 2.45) is 45.4 Å². The molecule has 0 amide bonds. The highest BCUT2D eigenvalue weighted by Gasteiger charge is 2.58. The second-order valence-corrected chi connectivity index (χ2v) is 10.5. The number of unbranched alkanes of at least 4 members (excludes halogenated alkanes) is 1. The lowest BCUT2D eigenvalue weighted by Crippen LogP contribution is -2.50. The van der Waals surface area contributed by atoms with Gasteiger partial charge in [-0.3, -0.25) is 0 Å². The summed E-state index contributed by atoms with van der Waals surface area (Å²) in [5.74, 6) is 2.98. The molecule has 0 aliphatic heterocycles. The Bertz CT molecular complexity index is 618. The first kappa shape index (κ1) is 20.4. The van der Waals surface area contributed by atoms with E-state index in [-0.39, 0.29) is 6.10 Å². The first-order valence-electron chi connectivity index (χ1n) is 11.7. The van der Waals surface area contributed by atoms with Gasteiger partial charge in [0.15, 0.2) is 0 Å². The quantitative estimate of drug-likeness (QED) is 0.301. The monoisotopic (exact) mass is 388 g/mol. The number of aliphatic hydroxyl groups is 1. The first-order valence-corrected chi connectivity index (χ1v) is 11.7. The molecule has 0 unspecified atom stereocenters. The number of rotatable bonds is 6. The van der Waals surface area contributed by atoms with Crippen molar-refractivity contribution in [3.63, 3.8) is 0 Å². The van der Waals surface area contributed by atoms with Gasteiger partial charge in [-0.1, -0.05) is 30.7 Å². The fourth-order valence-corrected chi connectivity index (χ4v) is 7.41. The molecule has 0 aromatic rings. The molecule has 0 spiro atoms. The van der Waals surface area contributed by atoms with Crippen LogP contribution in [0.2, 0.25) is 0 Å². The molecule has 28 heavy (non-hydrogen) atoms. The fourth-order valence-electron chi connectivity index (χ4n) is 7.41. The molecule has 3 fully saturated rings. The maximum Gasteiger partial charge on any atom is 0.117 e. The van der Waals surface area contributed by atoms with E-state index in [1.54, 1.807) is 5.57 Å². The number of fused-ring (bicyclic) bond motifs is 5. The molecule has 0 heterocycles. The molecular formula is C24H40N2O2. The Labute approximate surface area is 171 Å².